The lowest BCUT2D eigenvalue weighted by Gasteiger charge is -2.29. The molecule has 0 bridgehead atoms. The lowest BCUT2D eigenvalue weighted by Crippen LogP contribution is -2.39. The van der Waals surface area contributed by atoms with Crippen LogP contribution in [0.3, 0.4) is 0 Å². The number of aliphatic hydroxyl groups excluding tert-OH is 1. The third-order valence-corrected chi connectivity index (χ3v) is 5.58. The van der Waals surface area contributed by atoms with Crippen LogP contribution in [0.5, 0.6) is 0 Å². The van der Waals surface area contributed by atoms with Gasteiger partial charge in [0.2, 0.25) is 4.77 Å². The fourth-order valence-corrected chi connectivity index (χ4v) is 4.12. The van der Waals surface area contributed by atoms with Crippen LogP contribution < -0.4 is 0 Å². The normalized spacial score (nSPS) is 17.7. The molecule has 0 aliphatic carbocycles. The third-order valence-electron chi connectivity index (χ3n) is 5.19. The number of hydrogen-bond donors (Lipinski definition) is 1. The molecule has 6 heteroatoms. The average molecular weight is 395 g/mol. The van der Waals surface area contributed by atoms with Crippen LogP contribution in [0.2, 0.25) is 0 Å². The molecule has 4 rings (SSSR count). The Hall–Kier alpha value is -2.28. The highest BCUT2D eigenvalue weighted by Crippen LogP contribution is 2.18. The van der Waals surface area contributed by atoms with Gasteiger partial charge in [0.25, 0.3) is 0 Å². The number of hydrogen-bond acceptors (Lipinski definition) is 4. The number of aromatic nitrogens is 3. The molecular weight excluding hydrogens is 368 g/mol. The van der Waals surface area contributed by atoms with Crippen molar-refractivity contribution in [2.24, 2.45) is 0 Å². The van der Waals surface area contributed by atoms with Crippen molar-refractivity contribution in [2.75, 3.05) is 13.1 Å². The number of piperidine rings is 1. The van der Waals surface area contributed by atoms with E-state index in [-0.39, 0.29) is 6.10 Å². The van der Waals surface area contributed by atoms with E-state index < -0.39 is 0 Å². The SMILES string of the molecule is Cc1cccc(-n2c(Cc3ccccc3)nn(CN3CCC[C@H](O)C3)c2=S)c1. The van der Waals surface area contributed by atoms with Gasteiger partial charge in [0.15, 0.2) is 0 Å². The molecule has 1 fully saturated rings. The maximum atomic E-state index is 9.99. The molecule has 28 heavy (non-hydrogen) atoms. The summed E-state index contributed by atoms with van der Waals surface area (Å²) in [7, 11) is 0. The van der Waals surface area contributed by atoms with Crippen LogP contribution in [0.15, 0.2) is 54.6 Å². The van der Waals surface area contributed by atoms with Crippen molar-refractivity contribution in [3.63, 3.8) is 0 Å². The van der Waals surface area contributed by atoms with Crippen LogP contribution in [-0.4, -0.2) is 43.5 Å². The Morgan fingerprint density at radius 1 is 1.14 bits per heavy atom. The fourth-order valence-electron chi connectivity index (χ4n) is 3.81. The molecule has 5 nitrogen and oxygen atoms in total. The Kier molecular flexibility index (Phi) is 5.71. The van der Waals surface area contributed by atoms with E-state index in [0.717, 1.165) is 30.9 Å². The molecule has 1 aliphatic rings. The quantitative estimate of drug-likeness (QED) is 0.670. The number of nitrogens with zero attached hydrogens (tertiary/aromatic N) is 4. The van der Waals surface area contributed by atoms with Crippen LogP contribution in [0.25, 0.3) is 5.69 Å². The van der Waals surface area contributed by atoms with Crippen molar-refractivity contribution >= 4 is 12.2 Å². The first kappa shape index (κ1) is 19.1. The summed E-state index contributed by atoms with van der Waals surface area (Å²) < 4.78 is 4.67. The predicted octanol–water partition coefficient (Wildman–Crippen LogP) is 3.72. The lowest BCUT2D eigenvalue weighted by molar-refractivity contribution is 0.0512. The first-order valence-corrected chi connectivity index (χ1v) is 10.2. The number of rotatable bonds is 5. The van der Waals surface area contributed by atoms with Gasteiger partial charge >= 0.3 is 0 Å². The maximum absolute atomic E-state index is 9.99. The molecule has 0 radical (unpaired) electrons. The van der Waals surface area contributed by atoms with Gasteiger partial charge in [-0.1, -0.05) is 42.5 Å². The van der Waals surface area contributed by atoms with Gasteiger partial charge in [0.1, 0.15) is 5.82 Å². The van der Waals surface area contributed by atoms with E-state index in [2.05, 4.69) is 52.8 Å². The van der Waals surface area contributed by atoms with E-state index in [4.69, 9.17) is 17.3 Å². The monoisotopic (exact) mass is 394 g/mol. The van der Waals surface area contributed by atoms with Gasteiger partial charge in [0, 0.05) is 25.2 Å². The number of aliphatic hydroxyl groups is 1. The van der Waals surface area contributed by atoms with Crippen molar-refractivity contribution in [1.29, 1.82) is 0 Å². The minimum absolute atomic E-state index is 0.259. The van der Waals surface area contributed by atoms with Crippen molar-refractivity contribution < 1.29 is 5.11 Å². The number of benzene rings is 2. The van der Waals surface area contributed by atoms with Crippen molar-refractivity contribution in [1.82, 2.24) is 19.2 Å². The number of likely N-dealkylation sites (tertiary alicyclic amines) is 1. The first-order valence-electron chi connectivity index (χ1n) is 9.80. The third kappa shape index (κ3) is 4.24. The summed E-state index contributed by atoms with van der Waals surface area (Å²) in [4.78, 5) is 2.23. The summed E-state index contributed by atoms with van der Waals surface area (Å²) in [6, 6.07) is 18.7. The topological polar surface area (TPSA) is 46.2 Å². The summed E-state index contributed by atoms with van der Waals surface area (Å²) in [5, 5.41) is 14.9. The fraction of sp³-hybridized carbons (Fsp3) is 0.364. The van der Waals surface area contributed by atoms with Gasteiger partial charge in [-0.3, -0.25) is 9.47 Å². The molecule has 0 unspecified atom stereocenters. The standard InChI is InChI=1S/C22H26N4OS/c1-17-7-5-10-19(13-17)26-21(14-18-8-3-2-4-9-18)23-25(22(26)28)16-24-12-6-11-20(27)15-24/h2-5,7-10,13,20,27H,6,11-12,14-16H2,1H3/t20-/m0/s1. The van der Waals surface area contributed by atoms with Crippen LogP contribution in [0.4, 0.5) is 0 Å². The minimum atomic E-state index is -0.259. The Morgan fingerprint density at radius 3 is 2.71 bits per heavy atom. The number of β-amino-alcohol motifs (C(OH)–C–C–N with tert-alkyl or cyclic N) is 1. The molecule has 0 amide bonds. The molecule has 2 aromatic carbocycles. The predicted molar refractivity (Wildman–Crippen MR) is 113 cm³/mol. The molecule has 3 aromatic rings. The van der Waals surface area contributed by atoms with Crippen molar-refractivity contribution in [2.45, 2.75) is 39.0 Å². The largest absolute Gasteiger partial charge is 0.392 e. The van der Waals surface area contributed by atoms with Crippen LogP contribution in [0, 0.1) is 11.7 Å². The van der Waals surface area contributed by atoms with Gasteiger partial charge in [-0.2, -0.15) is 5.10 Å². The second-order valence-electron chi connectivity index (χ2n) is 7.55. The van der Waals surface area contributed by atoms with Gasteiger partial charge < -0.3 is 5.11 Å². The second kappa shape index (κ2) is 8.39. The molecule has 1 saturated heterocycles. The Balaban J connectivity index is 1.71. The zero-order valence-corrected chi connectivity index (χ0v) is 17.0. The Morgan fingerprint density at radius 2 is 1.96 bits per heavy atom. The van der Waals surface area contributed by atoms with Gasteiger partial charge in [-0.05, 0) is 55.2 Å². The summed E-state index contributed by atoms with van der Waals surface area (Å²) >= 11 is 5.83. The second-order valence-corrected chi connectivity index (χ2v) is 7.91. The van der Waals surface area contributed by atoms with Crippen molar-refractivity contribution in [3.8, 4) is 5.69 Å². The molecular formula is C22H26N4OS. The Labute approximate surface area is 170 Å². The van der Waals surface area contributed by atoms with Gasteiger partial charge in [0.05, 0.1) is 12.8 Å². The van der Waals surface area contributed by atoms with Gasteiger partial charge in [-0.15, -0.1) is 0 Å². The molecule has 0 saturated carbocycles. The summed E-state index contributed by atoms with van der Waals surface area (Å²) in [5.74, 6) is 0.930. The average Bonchev–Trinajstić information content (AvgIpc) is 2.97. The first-order chi connectivity index (χ1) is 13.6. The zero-order valence-electron chi connectivity index (χ0n) is 16.2. The highest BCUT2D eigenvalue weighted by Gasteiger charge is 2.20. The molecule has 1 aromatic heterocycles. The van der Waals surface area contributed by atoms with E-state index >= 15 is 0 Å². The smallest absolute Gasteiger partial charge is 0.203 e. The van der Waals surface area contributed by atoms with Crippen LogP contribution in [-0.2, 0) is 13.1 Å². The summed E-state index contributed by atoms with van der Waals surface area (Å²) in [6.45, 7) is 4.33. The van der Waals surface area contributed by atoms with E-state index in [1.54, 1.807) is 0 Å². The highest BCUT2D eigenvalue weighted by atomic mass is 32.1. The molecule has 1 N–H and O–H groups in total. The van der Waals surface area contributed by atoms with Crippen molar-refractivity contribution in [3.05, 3.63) is 76.3 Å². The van der Waals surface area contributed by atoms with E-state index in [0.29, 0.717) is 24.4 Å². The Bertz CT molecular complexity index is 995. The van der Waals surface area contributed by atoms with E-state index in [1.807, 2.05) is 22.9 Å². The molecule has 2 heterocycles. The maximum Gasteiger partial charge on any atom is 0.203 e. The van der Waals surface area contributed by atoms with Crippen LogP contribution >= 0.6 is 12.2 Å². The molecule has 146 valence electrons. The molecule has 0 spiro atoms. The van der Waals surface area contributed by atoms with Gasteiger partial charge in [-0.25, -0.2) is 4.68 Å². The summed E-state index contributed by atoms with van der Waals surface area (Å²) in [6.07, 6.45) is 2.34. The number of aryl methyl sites for hydroxylation is 1. The molecule has 1 aliphatic heterocycles. The van der Waals surface area contributed by atoms with E-state index in [1.165, 1.54) is 11.1 Å². The molecule has 1 atom stereocenters. The minimum Gasteiger partial charge on any atom is -0.392 e. The lowest BCUT2D eigenvalue weighted by atomic mass is 10.1. The van der Waals surface area contributed by atoms with Crippen LogP contribution in [0.1, 0.15) is 29.8 Å². The van der Waals surface area contributed by atoms with E-state index in [9.17, 15) is 5.11 Å². The highest BCUT2D eigenvalue weighted by molar-refractivity contribution is 7.71. The zero-order chi connectivity index (χ0) is 19.5. The summed E-state index contributed by atoms with van der Waals surface area (Å²) in [5.41, 5.74) is 3.44.